The van der Waals surface area contributed by atoms with Gasteiger partial charge in [-0.3, -0.25) is 4.79 Å². The molecule has 1 spiro atoms. The predicted octanol–water partition coefficient (Wildman–Crippen LogP) is 0.317. The molecule has 0 aromatic heterocycles. The van der Waals surface area contributed by atoms with Crippen LogP contribution in [-0.2, 0) is 4.79 Å². The van der Waals surface area contributed by atoms with Crippen LogP contribution in [0, 0.1) is 17.3 Å². The largest absolute Gasteiger partial charge is 0.481 e. The van der Waals surface area contributed by atoms with Crippen LogP contribution in [0.3, 0.4) is 0 Å². The van der Waals surface area contributed by atoms with Gasteiger partial charge in [0.05, 0.1) is 5.92 Å². The lowest BCUT2D eigenvalue weighted by atomic mass is 9.91. The fourth-order valence-corrected chi connectivity index (χ4v) is 2.11. The van der Waals surface area contributed by atoms with E-state index in [9.17, 15) is 4.79 Å². The summed E-state index contributed by atoms with van der Waals surface area (Å²) in [7, 11) is 0. The maximum Gasteiger partial charge on any atom is 0.306 e. The molecule has 0 radical (unpaired) electrons. The highest BCUT2D eigenvalue weighted by Crippen LogP contribution is 2.58. The molecule has 0 aromatic carbocycles. The molecule has 2 atom stereocenters. The van der Waals surface area contributed by atoms with Gasteiger partial charge in [0.1, 0.15) is 0 Å². The van der Waals surface area contributed by atoms with Crippen LogP contribution in [0.25, 0.3) is 0 Å². The Labute approximate surface area is 65.8 Å². The number of hydrogen-bond donors (Lipinski definition) is 2. The zero-order valence-corrected chi connectivity index (χ0v) is 6.63. The molecule has 2 N–H and O–H groups in total. The highest BCUT2D eigenvalue weighted by atomic mass is 16.4. The lowest BCUT2D eigenvalue weighted by Gasteiger charge is -2.29. The molecule has 2 rings (SSSR count). The third kappa shape index (κ3) is 0.872. The van der Waals surface area contributed by atoms with Gasteiger partial charge in [0.15, 0.2) is 0 Å². The number of aliphatic carboxylic acids is 1. The average Bonchev–Trinajstić information content (AvgIpc) is 2.58. The third-order valence-electron chi connectivity index (χ3n) is 3.20. The van der Waals surface area contributed by atoms with Gasteiger partial charge in [-0.05, 0) is 17.8 Å². The van der Waals surface area contributed by atoms with Gasteiger partial charge in [0.2, 0.25) is 0 Å². The maximum absolute atomic E-state index is 10.6. The van der Waals surface area contributed by atoms with Gasteiger partial charge in [-0.25, -0.2) is 0 Å². The molecule has 3 nitrogen and oxygen atoms in total. The first-order valence-corrected chi connectivity index (χ1v) is 4.09. The van der Waals surface area contributed by atoms with Gasteiger partial charge in [-0.1, -0.05) is 6.92 Å². The Balaban J connectivity index is 1.94. The first-order chi connectivity index (χ1) is 5.16. The molecule has 11 heavy (non-hydrogen) atoms. The maximum atomic E-state index is 10.6. The van der Waals surface area contributed by atoms with Crippen molar-refractivity contribution in [3.8, 4) is 0 Å². The summed E-state index contributed by atoms with van der Waals surface area (Å²) in [6, 6.07) is 0. The Morgan fingerprint density at radius 1 is 1.73 bits per heavy atom. The number of hydrogen-bond acceptors (Lipinski definition) is 2. The van der Waals surface area contributed by atoms with E-state index in [0.717, 1.165) is 19.5 Å². The minimum Gasteiger partial charge on any atom is -0.481 e. The second-order valence-corrected chi connectivity index (χ2v) is 3.90. The monoisotopic (exact) mass is 155 g/mol. The SMILES string of the molecule is CC(C(=O)O)C1CC12CNC2. The van der Waals surface area contributed by atoms with Gasteiger partial charge in [0, 0.05) is 13.1 Å². The number of carboxylic acids is 1. The van der Waals surface area contributed by atoms with Crippen molar-refractivity contribution in [1.29, 1.82) is 0 Å². The van der Waals surface area contributed by atoms with Crippen LogP contribution in [0.4, 0.5) is 0 Å². The van der Waals surface area contributed by atoms with E-state index in [2.05, 4.69) is 5.32 Å². The molecule has 1 heterocycles. The Morgan fingerprint density at radius 3 is 2.64 bits per heavy atom. The third-order valence-corrected chi connectivity index (χ3v) is 3.20. The van der Waals surface area contributed by atoms with Crippen LogP contribution < -0.4 is 5.32 Å². The first-order valence-electron chi connectivity index (χ1n) is 4.09. The summed E-state index contributed by atoms with van der Waals surface area (Å²) in [4.78, 5) is 10.6. The molecule has 1 aliphatic heterocycles. The van der Waals surface area contributed by atoms with E-state index in [0.29, 0.717) is 11.3 Å². The average molecular weight is 155 g/mol. The standard InChI is InChI=1S/C8H13NO2/c1-5(7(10)11)6-2-8(6)3-9-4-8/h5-6,9H,2-4H2,1H3,(H,10,11). The van der Waals surface area contributed by atoms with Crippen molar-refractivity contribution in [3.05, 3.63) is 0 Å². The number of carbonyl (C=O) groups is 1. The van der Waals surface area contributed by atoms with Gasteiger partial charge in [-0.15, -0.1) is 0 Å². The van der Waals surface area contributed by atoms with E-state index in [4.69, 9.17) is 5.11 Å². The molecule has 62 valence electrons. The van der Waals surface area contributed by atoms with Crippen molar-refractivity contribution in [1.82, 2.24) is 5.32 Å². The van der Waals surface area contributed by atoms with Crippen LogP contribution >= 0.6 is 0 Å². The highest BCUT2D eigenvalue weighted by molar-refractivity contribution is 5.70. The van der Waals surface area contributed by atoms with Crippen LogP contribution in [0.1, 0.15) is 13.3 Å². The van der Waals surface area contributed by atoms with E-state index < -0.39 is 5.97 Å². The first kappa shape index (κ1) is 7.10. The van der Waals surface area contributed by atoms with E-state index in [1.165, 1.54) is 0 Å². The van der Waals surface area contributed by atoms with Crippen molar-refractivity contribution in [2.24, 2.45) is 17.3 Å². The van der Waals surface area contributed by atoms with E-state index in [-0.39, 0.29) is 5.92 Å². The summed E-state index contributed by atoms with van der Waals surface area (Å²) in [6.45, 7) is 3.89. The summed E-state index contributed by atoms with van der Waals surface area (Å²) in [5, 5.41) is 11.9. The molecular weight excluding hydrogens is 142 g/mol. The molecule has 2 unspecified atom stereocenters. The molecule has 2 fully saturated rings. The summed E-state index contributed by atoms with van der Waals surface area (Å²) >= 11 is 0. The molecule has 3 heteroatoms. The Kier molecular flexibility index (Phi) is 1.27. The fourth-order valence-electron chi connectivity index (χ4n) is 2.11. The summed E-state index contributed by atoms with van der Waals surface area (Å²) in [6.07, 6.45) is 1.12. The number of carboxylic acid groups (broad SMARTS) is 1. The molecule has 2 aliphatic rings. The van der Waals surface area contributed by atoms with Gasteiger partial charge in [0.25, 0.3) is 0 Å². The van der Waals surface area contributed by atoms with E-state index in [1.807, 2.05) is 6.92 Å². The topological polar surface area (TPSA) is 49.3 Å². The molecule has 0 amide bonds. The molecule has 0 bridgehead atoms. The summed E-state index contributed by atoms with van der Waals surface area (Å²) in [5.74, 6) is -0.336. The van der Waals surface area contributed by atoms with Gasteiger partial charge < -0.3 is 10.4 Å². The zero-order valence-electron chi connectivity index (χ0n) is 6.63. The Morgan fingerprint density at radius 2 is 2.36 bits per heavy atom. The quantitative estimate of drug-likeness (QED) is 0.603. The molecular formula is C8H13NO2. The lowest BCUT2D eigenvalue weighted by Crippen LogP contribution is -2.46. The molecule has 0 aromatic rings. The van der Waals surface area contributed by atoms with Crippen LogP contribution in [0.15, 0.2) is 0 Å². The van der Waals surface area contributed by atoms with Gasteiger partial charge in [-0.2, -0.15) is 0 Å². The van der Waals surface area contributed by atoms with Crippen LogP contribution in [0.2, 0.25) is 0 Å². The van der Waals surface area contributed by atoms with Crippen LogP contribution in [0.5, 0.6) is 0 Å². The van der Waals surface area contributed by atoms with Gasteiger partial charge >= 0.3 is 5.97 Å². The number of nitrogens with one attached hydrogen (secondary N) is 1. The molecule has 1 saturated carbocycles. The van der Waals surface area contributed by atoms with Crippen molar-refractivity contribution >= 4 is 5.97 Å². The van der Waals surface area contributed by atoms with Crippen molar-refractivity contribution in [3.63, 3.8) is 0 Å². The minimum atomic E-state index is -0.640. The fraction of sp³-hybridized carbons (Fsp3) is 0.875. The van der Waals surface area contributed by atoms with E-state index in [1.54, 1.807) is 0 Å². The van der Waals surface area contributed by atoms with Crippen molar-refractivity contribution < 1.29 is 9.90 Å². The minimum absolute atomic E-state index is 0.142. The highest BCUT2D eigenvalue weighted by Gasteiger charge is 2.60. The Bertz CT molecular complexity index is 198. The normalized spacial score (nSPS) is 34.5. The second-order valence-electron chi connectivity index (χ2n) is 3.90. The summed E-state index contributed by atoms with van der Waals surface area (Å²) < 4.78 is 0. The smallest absolute Gasteiger partial charge is 0.306 e. The molecule has 1 aliphatic carbocycles. The lowest BCUT2D eigenvalue weighted by molar-refractivity contribution is -0.142. The number of rotatable bonds is 2. The van der Waals surface area contributed by atoms with Crippen molar-refractivity contribution in [2.75, 3.05) is 13.1 Å². The molecule has 1 saturated heterocycles. The predicted molar refractivity (Wildman–Crippen MR) is 40.2 cm³/mol. The van der Waals surface area contributed by atoms with E-state index >= 15 is 0 Å². The second kappa shape index (κ2) is 1.97. The van der Waals surface area contributed by atoms with Crippen molar-refractivity contribution in [2.45, 2.75) is 13.3 Å². The Hall–Kier alpha value is -0.570. The zero-order chi connectivity index (χ0) is 8.06. The summed E-state index contributed by atoms with van der Waals surface area (Å²) in [5.41, 5.74) is 0.401. The van der Waals surface area contributed by atoms with Crippen LogP contribution in [-0.4, -0.2) is 24.2 Å².